The highest BCUT2D eigenvalue weighted by Gasteiger charge is 2.42. The highest BCUT2D eigenvalue weighted by Crippen LogP contribution is 2.47. The van der Waals surface area contributed by atoms with Crippen LogP contribution in [0.5, 0.6) is 0 Å². The van der Waals surface area contributed by atoms with Crippen molar-refractivity contribution in [2.24, 2.45) is 10.4 Å². The SMILES string of the molecule is CC1CN=C(NCC2(Cc3cccc(Cl)c3)CC2)N1. The number of nitrogens with one attached hydrogen (secondary N) is 2. The van der Waals surface area contributed by atoms with Gasteiger partial charge in [-0.15, -0.1) is 0 Å². The molecule has 1 saturated carbocycles. The molecule has 4 heteroatoms. The molecule has 0 aromatic heterocycles. The second-order valence-corrected chi connectivity index (χ2v) is 6.33. The molecule has 1 atom stereocenters. The number of guanidine groups is 1. The zero-order valence-electron chi connectivity index (χ0n) is 11.2. The second kappa shape index (κ2) is 5.04. The van der Waals surface area contributed by atoms with Gasteiger partial charge in [-0.25, -0.2) is 0 Å². The lowest BCUT2D eigenvalue weighted by atomic mass is 9.96. The Bertz CT molecular complexity index is 494. The average molecular weight is 278 g/mol. The van der Waals surface area contributed by atoms with E-state index in [0.29, 0.717) is 11.5 Å². The number of aliphatic imine (C=N–C) groups is 1. The van der Waals surface area contributed by atoms with Crippen molar-refractivity contribution in [1.82, 2.24) is 10.6 Å². The topological polar surface area (TPSA) is 36.4 Å². The third-order valence-corrected chi connectivity index (χ3v) is 4.20. The van der Waals surface area contributed by atoms with Gasteiger partial charge in [0.1, 0.15) is 0 Å². The molecule has 19 heavy (non-hydrogen) atoms. The van der Waals surface area contributed by atoms with E-state index in [-0.39, 0.29) is 0 Å². The minimum absolute atomic E-state index is 0.403. The fourth-order valence-electron chi connectivity index (χ4n) is 2.60. The number of rotatable bonds is 4. The van der Waals surface area contributed by atoms with Crippen molar-refractivity contribution in [1.29, 1.82) is 0 Å². The Balaban J connectivity index is 1.55. The van der Waals surface area contributed by atoms with Crippen LogP contribution in [0.3, 0.4) is 0 Å². The van der Waals surface area contributed by atoms with Gasteiger partial charge in [0.2, 0.25) is 0 Å². The Hall–Kier alpha value is -1.22. The van der Waals surface area contributed by atoms with Gasteiger partial charge in [0.05, 0.1) is 6.54 Å². The average Bonchev–Trinajstić information content (AvgIpc) is 3.00. The van der Waals surface area contributed by atoms with Gasteiger partial charge in [-0.2, -0.15) is 0 Å². The third kappa shape index (κ3) is 3.21. The van der Waals surface area contributed by atoms with Crippen LogP contribution in [0.15, 0.2) is 29.3 Å². The lowest BCUT2D eigenvalue weighted by Gasteiger charge is -2.17. The first-order valence-corrected chi connectivity index (χ1v) is 7.32. The minimum Gasteiger partial charge on any atom is -0.356 e. The normalized spacial score (nSPS) is 23.7. The van der Waals surface area contributed by atoms with E-state index in [9.17, 15) is 0 Å². The molecule has 0 radical (unpaired) electrons. The van der Waals surface area contributed by atoms with E-state index >= 15 is 0 Å². The molecular weight excluding hydrogens is 258 g/mol. The lowest BCUT2D eigenvalue weighted by molar-refractivity contribution is 0.493. The second-order valence-electron chi connectivity index (χ2n) is 5.89. The van der Waals surface area contributed by atoms with E-state index in [2.05, 4.69) is 34.7 Å². The van der Waals surface area contributed by atoms with Crippen LogP contribution in [0.2, 0.25) is 5.02 Å². The Kier molecular flexibility index (Phi) is 3.40. The Morgan fingerprint density at radius 3 is 2.95 bits per heavy atom. The van der Waals surface area contributed by atoms with Crippen molar-refractivity contribution >= 4 is 17.6 Å². The van der Waals surface area contributed by atoms with Crippen LogP contribution in [-0.4, -0.2) is 25.1 Å². The molecular formula is C15H20ClN3. The summed E-state index contributed by atoms with van der Waals surface area (Å²) in [5.74, 6) is 0.963. The summed E-state index contributed by atoms with van der Waals surface area (Å²) in [5, 5.41) is 7.63. The van der Waals surface area contributed by atoms with E-state index in [1.54, 1.807) is 0 Å². The Morgan fingerprint density at radius 1 is 1.47 bits per heavy atom. The molecule has 1 aromatic carbocycles. The molecule has 1 unspecified atom stereocenters. The summed E-state index contributed by atoms with van der Waals surface area (Å²) in [4.78, 5) is 4.44. The van der Waals surface area contributed by atoms with Gasteiger partial charge in [0.15, 0.2) is 5.96 Å². The summed E-state index contributed by atoms with van der Waals surface area (Å²) in [5.41, 5.74) is 1.74. The van der Waals surface area contributed by atoms with Gasteiger partial charge in [0, 0.05) is 17.6 Å². The minimum atomic E-state index is 0.403. The van der Waals surface area contributed by atoms with E-state index < -0.39 is 0 Å². The first-order chi connectivity index (χ1) is 9.15. The molecule has 102 valence electrons. The molecule has 1 fully saturated rings. The molecule has 0 spiro atoms. The molecule has 3 rings (SSSR count). The van der Waals surface area contributed by atoms with Gasteiger partial charge in [-0.3, -0.25) is 4.99 Å². The molecule has 1 aliphatic carbocycles. The van der Waals surface area contributed by atoms with E-state index in [1.165, 1.54) is 18.4 Å². The highest BCUT2D eigenvalue weighted by atomic mass is 35.5. The van der Waals surface area contributed by atoms with Crippen molar-refractivity contribution in [2.75, 3.05) is 13.1 Å². The van der Waals surface area contributed by atoms with Gasteiger partial charge < -0.3 is 10.6 Å². The smallest absolute Gasteiger partial charge is 0.191 e. The van der Waals surface area contributed by atoms with Crippen LogP contribution in [-0.2, 0) is 6.42 Å². The van der Waals surface area contributed by atoms with Gasteiger partial charge in [-0.05, 0) is 49.3 Å². The predicted octanol–water partition coefficient (Wildman–Crippen LogP) is 2.60. The summed E-state index contributed by atoms with van der Waals surface area (Å²) in [6.45, 7) is 4.03. The van der Waals surface area contributed by atoms with Crippen molar-refractivity contribution in [2.45, 2.75) is 32.2 Å². The Morgan fingerprint density at radius 2 is 2.32 bits per heavy atom. The third-order valence-electron chi connectivity index (χ3n) is 3.96. The highest BCUT2D eigenvalue weighted by molar-refractivity contribution is 6.30. The number of halogens is 1. The Labute approximate surface area is 119 Å². The zero-order valence-corrected chi connectivity index (χ0v) is 12.0. The van der Waals surface area contributed by atoms with Crippen molar-refractivity contribution in [3.05, 3.63) is 34.9 Å². The van der Waals surface area contributed by atoms with Crippen LogP contribution in [0.1, 0.15) is 25.3 Å². The van der Waals surface area contributed by atoms with E-state index in [0.717, 1.165) is 30.5 Å². The molecule has 0 bridgehead atoms. The summed E-state index contributed by atoms with van der Waals surface area (Å²) < 4.78 is 0. The fourth-order valence-corrected chi connectivity index (χ4v) is 2.82. The van der Waals surface area contributed by atoms with Crippen LogP contribution in [0.4, 0.5) is 0 Å². The molecule has 0 saturated heterocycles. The van der Waals surface area contributed by atoms with Crippen LogP contribution < -0.4 is 10.6 Å². The van der Waals surface area contributed by atoms with Crippen molar-refractivity contribution < 1.29 is 0 Å². The van der Waals surface area contributed by atoms with Crippen molar-refractivity contribution in [3.63, 3.8) is 0 Å². The number of nitrogens with zero attached hydrogens (tertiary/aromatic N) is 1. The summed E-state index contributed by atoms with van der Waals surface area (Å²) in [6, 6.07) is 8.67. The van der Waals surface area contributed by atoms with Crippen LogP contribution in [0, 0.1) is 5.41 Å². The van der Waals surface area contributed by atoms with E-state index in [1.807, 2.05) is 12.1 Å². The molecule has 3 nitrogen and oxygen atoms in total. The number of hydrogen-bond donors (Lipinski definition) is 2. The van der Waals surface area contributed by atoms with Crippen LogP contribution in [0.25, 0.3) is 0 Å². The maximum absolute atomic E-state index is 6.05. The molecule has 0 amide bonds. The number of benzene rings is 1. The zero-order chi connectivity index (χ0) is 13.3. The van der Waals surface area contributed by atoms with Gasteiger partial charge >= 0.3 is 0 Å². The largest absolute Gasteiger partial charge is 0.356 e. The summed E-state index contributed by atoms with van der Waals surface area (Å²) in [6.07, 6.45) is 3.67. The maximum atomic E-state index is 6.05. The number of hydrogen-bond acceptors (Lipinski definition) is 3. The molecule has 2 aliphatic rings. The molecule has 1 aromatic rings. The summed E-state index contributed by atoms with van der Waals surface area (Å²) in [7, 11) is 0. The summed E-state index contributed by atoms with van der Waals surface area (Å²) >= 11 is 6.05. The lowest BCUT2D eigenvalue weighted by Crippen LogP contribution is -2.40. The first-order valence-electron chi connectivity index (χ1n) is 6.95. The standard InChI is InChI=1S/C15H20ClN3/c1-11-9-17-14(19-11)18-10-15(5-6-15)8-12-3-2-4-13(16)7-12/h2-4,7,11H,5-6,8-10H2,1H3,(H2,17,18,19). The fraction of sp³-hybridized carbons (Fsp3) is 0.533. The quantitative estimate of drug-likeness (QED) is 0.888. The predicted molar refractivity (Wildman–Crippen MR) is 79.7 cm³/mol. The first kappa shape index (κ1) is 12.8. The molecule has 2 N–H and O–H groups in total. The van der Waals surface area contributed by atoms with Gasteiger partial charge in [-0.1, -0.05) is 23.7 Å². The van der Waals surface area contributed by atoms with Crippen molar-refractivity contribution in [3.8, 4) is 0 Å². The monoisotopic (exact) mass is 277 g/mol. The van der Waals surface area contributed by atoms with Gasteiger partial charge in [0.25, 0.3) is 0 Å². The maximum Gasteiger partial charge on any atom is 0.191 e. The molecule has 1 aliphatic heterocycles. The van der Waals surface area contributed by atoms with E-state index in [4.69, 9.17) is 11.6 Å². The van der Waals surface area contributed by atoms with Crippen LogP contribution >= 0.6 is 11.6 Å². The molecule has 1 heterocycles.